The minimum Gasteiger partial charge on any atom is -0.395 e. The van der Waals surface area contributed by atoms with Crippen LogP contribution in [0.1, 0.15) is 11.1 Å². The molecule has 6 heteroatoms. The molecule has 2 N–H and O–H groups in total. The van der Waals surface area contributed by atoms with Gasteiger partial charge in [0.25, 0.3) is 0 Å². The second-order valence-corrected chi connectivity index (χ2v) is 5.50. The van der Waals surface area contributed by atoms with E-state index in [1.54, 1.807) is 6.20 Å². The predicted octanol–water partition coefficient (Wildman–Crippen LogP) is -0.0635. The highest BCUT2D eigenvalue weighted by Gasteiger charge is 2.18. The zero-order chi connectivity index (χ0) is 14.7. The first-order valence-corrected chi connectivity index (χ1v) is 7.42. The number of fused-ring (bicyclic) bond motifs is 1. The second kappa shape index (κ2) is 6.53. The molecule has 21 heavy (non-hydrogen) atoms. The quantitative estimate of drug-likeness (QED) is 0.807. The minimum absolute atomic E-state index is 0.0186. The van der Waals surface area contributed by atoms with Gasteiger partial charge >= 0.3 is 0 Å². The summed E-state index contributed by atoms with van der Waals surface area (Å²) in [5, 5.41) is 22.7. The molecule has 2 aromatic heterocycles. The van der Waals surface area contributed by atoms with Crippen LogP contribution in [0.5, 0.6) is 0 Å². The summed E-state index contributed by atoms with van der Waals surface area (Å²) >= 11 is 0. The smallest absolute Gasteiger partial charge is 0.0761 e. The van der Waals surface area contributed by atoms with Crippen molar-refractivity contribution in [3.63, 3.8) is 0 Å². The van der Waals surface area contributed by atoms with Crippen LogP contribution in [0.3, 0.4) is 0 Å². The molecule has 6 nitrogen and oxygen atoms in total. The Hall–Kier alpha value is -1.47. The van der Waals surface area contributed by atoms with Gasteiger partial charge < -0.3 is 10.2 Å². The lowest BCUT2D eigenvalue weighted by molar-refractivity contribution is 0.108. The van der Waals surface area contributed by atoms with Crippen LogP contribution in [0.15, 0.2) is 24.5 Å². The molecule has 0 saturated carbocycles. The summed E-state index contributed by atoms with van der Waals surface area (Å²) in [6.45, 7) is 5.88. The fourth-order valence-corrected chi connectivity index (χ4v) is 2.98. The van der Waals surface area contributed by atoms with Gasteiger partial charge in [-0.05, 0) is 11.6 Å². The Morgan fingerprint density at radius 1 is 1.05 bits per heavy atom. The molecule has 1 fully saturated rings. The van der Waals surface area contributed by atoms with E-state index in [0.717, 1.165) is 50.3 Å². The molecular weight excluding hydrogens is 268 g/mol. The maximum Gasteiger partial charge on any atom is 0.0761 e. The molecule has 0 aromatic carbocycles. The van der Waals surface area contributed by atoms with E-state index in [1.165, 1.54) is 5.56 Å². The molecule has 1 aliphatic heterocycles. The van der Waals surface area contributed by atoms with Crippen LogP contribution in [0.4, 0.5) is 0 Å². The molecule has 0 aliphatic carbocycles. The van der Waals surface area contributed by atoms with Crippen LogP contribution in [0.25, 0.3) is 5.52 Å². The third-order valence-electron chi connectivity index (χ3n) is 4.15. The first-order chi connectivity index (χ1) is 10.3. The van der Waals surface area contributed by atoms with Gasteiger partial charge in [0, 0.05) is 51.0 Å². The molecule has 2 aromatic rings. The van der Waals surface area contributed by atoms with Gasteiger partial charge in [-0.2, -0.15) is 5.10 Å². The van der Waals surface area contributed by atoms with Gasteiger partial charge in [0.1, 0.15) is 0 Å². The minimum atomic E-state index is 0.0186. The summed E-state index contributed by atoms with van der Waals surface area (Å²) in [5.74, 6) is 0. The molecule has 0 atom stereocenters. The predicted molar refractivity (Wildman–Crippen MR) is 79.9 cm³/mol. The maximum absolute atomic E-state index is 9.45. The second-order valence-electron chi connectivity index (χ2n) is 5.50. The van der Waals surface area contributed by atoms with Crippen molar-refractivity contribution < 1.29 is 10.2 Å². The summed E-state index contributed by atoms with van der Waals surface area (Å²) in [6.07, 6.45) is 3.65. The molecule has 1 saturated heterocycles. The fraction of sp³-hybridized carbons (Fsp3) is 0.533. The normalized spacial score (nSPS) is 17.6. The number of pyridine rings is 1. The van der Waals surface area contributed by atoms with Crippen LogP contribution in [-0.2, 0) is 13.2 Å². The number of β-amino-alcohol motifs (C(OH)–C–C–N with tert-alkyl or cyclic N) is 1. The topological polar surface area (TPSA) is 64.2 Å². The molecule has 114 valence electrons. The molecule has 1 aliphatic rings. The molecule has 0 bridgehead atoms. The highest BCUT2D eigenvalue weighted by Crippen LogP contribution is 2.18. The highest BCUT2D eigenvalue weighted by molar-refractivity contribution is 5.60. The van der Waals surface area contributed by atoms with Gasteiger partial charge in [-0.3, -0.25) is 9.80 Å². The van der Waals surface area contributed by atoms with Crippen molar-refractivity contribution in [3.05, 3.63) is 35.7 Å². The Kier molecular flexibility index (Phi) is 4.50. The number of aromatic nitrogens is 2. The molecule has 0 spiro atoms. The third-order valence-corrected chi connectivity index (χ3v) is 4.15. The molecule has 3 rings (SSSR count). The number of rotatable bonds is 5. The van der Waals surface area contributed by atoms with Gasteiger partial charge in [-0.25, -0.2) is 4.52 Å². The average molecular weight is 290 g/mol. The third kappa shape index (κ3) is 3.08. The monoisotopic (exact) mass is 290 g/mol. The zero-order valence-corrected chi connectivity index (χ0v) is 12.1. The van der Waals surface area contributed by atoms with Gasteiger partial charge in [-0.15, -0.1) is 0 Å². The molecule has 0 radical (unpaired) electrons. The average Bonchev–Trinajstić information content (AvgIpc) is 2.94. The first kappa shape index (κ1) is 14.5. The highest BCUT2D eigenvalue weighted by atomic mass is 16.3. The van der Waals surface area contributed by atoms with Gasteiger partial charge in [0.05, 0.1) is 24.9 Å². The Balaban J connectivity index is 1.72. The van der Waals surface area contributed by atoms with E-state index in [4.69, 9.17) is 5.11 Å². The van der Waals surface area contributed by atoms with Crippen molar-refractivity contribution >= 4 is 5.52 Å². The maximum atomic E-state index is 9.45. The van der Waals surface area contributed by atoms with Gasteiger partial charge in [0.15, 0.2) is 0 Å². The largest absolute Gasteiger partial charge is 0.395 e. The van der Waals surface area contributed by atoms with E-state index in [2.05, 4.69) is 21.0 Å². The van der Waals surface area contributed by atoms with Gasteiger partial charge in [0.2, 0.25) is 0 Å². The fourth-order valence-electron chi connectivity index (χ4n) is 2.98. The van der Waals surface area contributed by atoms with Crippen LogP contribution >= 0.6 is 0 Å². The standard InChI is InChI=1S/C15H22N4O2/c20-9-8-17-4-6-18(7-5-17)11-13-2-1-3-19-15(13)14(12-21)10-16-19/h1-3,10,20-21H,4-9,11-12H2. The lowest BCUT2D eigenvalue weighted by Gasteiger charge is -2.34. The van der Waals surface area contributed by atoms with Crippen LogP contribution < -0.4 is 0 Å². The Morgan fingerprint density at radius 3 is 2.52 bits per heavy atom. The van der Waals surface area contributed by atoms with E-state index >= 15 is 0 Å². The number of nitrogens with zero attached hydrogens (tertiary/aromatic N) is 4. The Labute approximate surface area is 124 Å². The van der Waals surface area contributed by atoms with Crippen LogP contribution in [-0.4, -0.2) is 69.0 Å². The van der Waals surface area contributed by atoms with Crippen LogP contribution in [0, 0.1) is 0 Å². The Bertz CT molecular complexity index is 590. The van der Waals surface area contributed by atoms with E-state index in [0.29, 0.717) is 0 Å². The van der Waals surface area contributed by atoms with Crippen molar-refractivity contribution in [2.24, 2.45) is 0 Å². The summed E-state index contributed by atoms with van der Waals surface area (Å²) in [7, 11) is 0. The lowest BCUT2D eigenvalue weighted by Crippen LogP contribution is -2.46. The van der Waals surface area contributed by atoms with E-state index in [-0.39, 0.29) is 13.2 Å². The first-order valence-electron chi connectivity index (χ1n) is 7.42. The summed E-state index contributed by atoms with van der Waals surface area (Å²) in [6, 6.07) is 4.11. The van der Waals surface area contributed by atoms with E-state index in [1.807, 2.05) is 16.8 Å². The number of aliphatic hydroxyl groups excluding tert-OH is 2. The number of aliphatic hydroxyl groups is 2. The van der Waals surface area contributed by atoms with E-state index < -0.39 is 0 Å². The molecule has 0 unspecified atom stereocenters. The number of piperazine rings is 1. The van der Waals surface area contributed by atoms with E-state index in [9.17, 15) is 5.11 Å². The SMILES string of the molecule is OCCN1CCN(Cc2cccn3ncc(CO)c23)CC1. The molecule has 3 heterocycles. The van der Waals surface area contributed by atoms with Crippen LogP contribution in [0.2, 0.25) is 0 Å². The van der Waals surface area contributed by atoms with Crippen molar-refractivity contribution in [2.75, 3.05) is 39.3 Å². The van der Waals surface area contributed by atoms with Gasteiger partial charge in [-0.1, -0.05) is 6.07 Å². The lowest BCUT2D eigenvalue weighted by atomic mass is 10.1. The molecule has 0 amide bonds. The zero-order valence-electron chi connectivity index (χ0n) is 12.1. The van der Waals surface area contributed by atoms with Crippen molar-refractivity contribution in [1.29, 1.82) is 0 Å². The van der Waals surface area contributed by atoms with Crippen molar-refractivity contribution in [3.8, 4) is 0 Å². The summed E-state index contributed by atoms with van der Waals surface area (Å²) in [4.78, 5) is 4.70. The summed E-state index contributed by atoms with van der Waals surface area (Å²) < 4.78 is 1.84. The van der Waals surface area contributed by atoms with Crippen molar-refractivity contribution in [2.45, 2.75) is 13.2 Å². The van der Waals surface area contributed by atoms with Crippen molar-refractivity contribution in [1.82, 2.24) is 19.4 Å². The Morgan fingerprint density at radius 2 is 1.81 bits per heavy atom. The molecular formula is C15H22N4O2. The number of hydrogen-bond donors (Lipinski definition) is 2. The summed E-state index contributed by atoms with van der Waals surface area (Å²) in [5.41, 5.74) is 3.11. The number of hydrogen-bond acceptors (Lipinski definition) is 5.